The molecular formula is C20H22FN5O2. The Kier molecular flexibility index (Phi) is 5.04. The molecule has 2 saturated heterocycles. The van der Waals surface area contributed by atoms with Gasteiger partial charge in [0.05, 0.1) is 18.4 Å². The summed E-state index contributed by atoms with van der Waals surface area (Å²) in [5, 5.41) is 6.29. The number of aromatic nitrogens is 2. The predicted molar refractivity (Wildman–Crippen MR) is 99.5 cm³/mol. The smallest absolute Gasteiger partial charge is 0.322 e. The van der Waals surface area contributed by atoms with E-state index in [0.29, 0.717) is 12.1 Å². The van der Waals surface area contributed by atoms with Crippen molar-refractivity contribution in [3.05, 3.63) is 59.9 Å². The Hall–Kier alpha value is -2.87. The highest BCUT2D eigenvalue weighted by Crippen LogP contribution is 2.35. The van der Waals surface area contributed by atoms with Crippen molar-refractivity contribution in [2.24, 2.45) is 5.92 Å². The third-order valence-corrected chi connectivity index (χ3v) is 5.57. The van der Waals surface area contributed by atoms with Gasteiger partial charge in [-0.3, -0.25) is 19.7 Å². The van der Waals surface area contributed by atoms with Gasteiger partial charge in [0.15, 0.2) is 0 Å². The fourth-order valence-corrected chi connectivity index (χ4v) is 4.14. The van der Waals surface area contributed by atoms with Gasteiger partial charge in [-0.1, -0.05) is 12.1 Å². The fourth-order valence-electron chi connectivity index (χ4n) is 4.14. The third-order valence-electron chi connectivity index (χ3n) is 5.57. The molecule has 3 heterocycles. The van der Waals surface area contributed by atoms with Crippen LogP contribution in [-0.2, 0) is 17.8 Å². The molecule has 1 aromatic carbocycles. The number of nitrogens with one attached hydrogen (secondary N) is 2. The van der Waals surface area contributed by atoms with E-state index in [1.165, 1.54) is 23.2 Å². The van der Waals surface area contributed by atoms with Crippen LogP contribution in [0.2, 0.25) is 0 Å². The first-order valence-electron chi connectivity index (χ1n) is 9.43. The van der Waals surface area contributed by atoms with Crippen LogP contribution in [0.15, 0.2) is 42.9 Å². The molecule has 2 aliphatic heterocycles. The van der Waals surface area contributed by atoms with Gasteiger partial charge >= 0.3 is 6.03 Å². The molecule has 2 aliphatic rings. The minimum absolute atomic E-state index is 0.00195. The second kappa shape index (κ2) is 7.63. The van der Waals surface area contributed by atoms with Gasteiger partial charge in [0, 0.05) is 18.8 Å². The topological polar surface area (TPSA) is 87.2 Å². The maximum atomic E-state index is 13.5. The van der Waals surface area contributed by atoms with Crippen LogP contribution in [0.4, 0.5) is 9.18 Å². The van der Waals surface area contributed by atoms with Crippen LogP contribution < -0.4 is 10.6 Å². The van der Waals surface area contributed by atoms with E-state index in [9.17, 15) is 14.0 Å². The normalized spacial score (nSPS) is 23.1. The largest absolute Gasteiger partial charge is 0.325 e. The van der Waals surface area contributed by atoms with Gasteiger partial charge in [-0.2, -0.15) is 0 Å². The van der Waals surface area contributed by atoms with Crippen molar-refractivity contribution < 1.29 is 14.0 Å². The van der Waals surface area contributed by atoms with Gasteiger partial charge in [-0.25, -0.2) is 9.18 Å². The second-order valence-electron chi connectivity index (χ2n) is 7.32. The summed E-state index contributed by atoms with van der Waals surface area (Å²) in [6.45, 7) is 1.67. The molecule has 146 valence electrons. The quantitative estimate of drug-likeness (QED) is 0.767. The van der Waals surface area contributed by atoms with Crippen LogP contribution >= 0.6 is 0 Å². The summed E-state index contributed by atoms with van der Waals surface area (Å²) in [5.41, 5.74) is 0.336. The number of halogens is 1. The van der Waals surface area contributed by atoms with Crippen molar-refractivity contribution in [1.29, 1.82) is 0 Å². The van der Waals surface area contributed by atoms with Gasteiger partial charge in [0.1, 0.15) is 11.4 Å². The van der Waals surface area contributed by atoms with E-state index < -0.39 is 11.6 Å². The molecule has 0 bridgehead atoms. The monoisotopic (exact) mass is 383 g/mol. The molecule has 3 amide bonds. The minimum atomic E-state index is -1.03. The number of hydrogen-bond acceptors (Lipinski definition) is 5. The number of nitrogens with zero attached hydrogens (tertiary/aromatic N) is 3. The number of benzene rings is 1. The molecule has 2 fully saturated rings. The van der Waals surface area contributed by atoms with Gasteiger partial charge in [0.2, 0.25) is 0 Å². The van der Waals surface area contributed by atoms with E-state index in [2.05, 4.69) is 20.6 Å². The second-order valence-corrected chi connectivity index (χ2v) is 7.32. The summed E-state index contributed by atoms with van der Waals surface area (Å²) in [6.07, 6.45) is 6.53. The Balaban J connectivity index is 1.65. The van der Waals surface area contributed by atoms with Crippen molar-refractivity contribution in [3.8, 4) is 0 Å². The Morgan fingerprint density at radius 1 is 1.14 bits per heavy atom. The van der Waals surface area contributed by atoms with Crippen molar-refractivity contribution in [2.75, 3.05) is 13.1 Å². The summed E-state index contributed by atoms with van der Waals surface area (Å²) in [4.78, 5) is 35.7. The Labute approximate surface area is 162 Å². The lowest BCUT2D eigenvalue weighted by atomic mass is 9.74. The fraction of sp³-hybridized carbons (Fsp3) is 0.400. The molecule has 0 aliphatic carbocycles. The molecule has 0 spiro atoms. The van der Waals surface area contributed by atoms with Crippen molar-refractivity contribution in [1.82, 2.24) is 25.5 Å². The third kappa shape index (κ3) is 3.47. The number of imide groups is 1. The lowest BCUT2D eigenvalue weighted by Crippen LogP contribution is -2.57. The highest BCUT2D eigenvalue weighted by atomic mass is 19.1. The summed E-state index contributed by atoms with van der Waals surface area (Å²) >= 11 is 0. The predicted octanol–water partition coefficient (Wildman–Crippen LogP) is 1.65. The van der Waals surface area contributed by atoms with Crippen LogP contribution in [0.5, 0.6) is 0 Å². The minimum Gasteiger partial charge on any atom is -0.322 e. The van der Waals surface area contributed by atoms with Gasteiger partial charge in [-0.15, -0.1) is 0 Å². The highest BCUT2D eigenvalue weighted by Gasteiger charge is 2.55. The average molecular weight is 383 g/mol. The number of piperidine rings is 1. The maximum Gasteiger partial charge on any atom is 0.325 e. The lowest BCUT2D eigenvalue weighted by Gasteiger charge is -2.38. The molecular weight excluding hydrogens is 361 g/mol. The highest BCUT2D eigenvalue weighted by molar-refractivity contribution is 6.07. The zero-order valence-corrected chi connectivity index (χ0v) is 15.4. The molecule has 7 nitrogen and oxygen atoms in total. The van der Waals surface area contributed by atoms with Crippen molar-refractivity contribution >= 4 is 11.9 Å². The van der Waals surface area contributed by atoms with Gasteiger partial charge in [0.25, 0.3) is 5.91 Å². The van der Waals surface area contributed by atoms with Crippen molar-refractivity contribution in [2.45, 2.75) is 31.3 Å². The lowest BCUT2D eigenvalue weighted by molar-refractivity contribution is -0.134. The van der Waals surface area contributed by atoms with Crippen LogP contribution in [0, 0.1) is 11.7 Å². The summed E-state index contributed by atoms with van der Waals surface area (Å²) in [5.74, 6) is -0.577. The summed E-state index contributed by atoms with van der Waals surface area (Å²) < 4.78 is 13.3. The van der Waals surface area contributed by atoms with Gasteiger partial charge < -0.3 is 10.6 Å². The number of urea groups is 1. The number of rotatable bonds is 5. The molecule has 2 N–H and O–H groups in total. The molecule has 8 heteroatoms. The Morgan fingerprint density at radius 3 is 2.57 bits per heavy atom. The number of hydrogen-bond donors (Lipinski definition) is 2. The average Bonchev–Trinajstić information content (AvgIpc) is 2.96. The maximum absolute atomic E-state index is 13.5. The van der Waals surface area contributed by atoms with Gasteiger partial charge in [-0.05, 0) is 49.5 Å². The number of amides is 3. The first kappa shape index (κ1) is 18.5. The first-order chi connectivity index (χ1) is 13.6. The molecule has 0 radical (unpaired) electrons. The number of carbonyl (C=O) groups is 2. The molecule has 0 saturated carbocycles. The van der Waals surface area contributed by atoms with E-state index in [4.69, 9.17) is 0 Å². The van der Waals surface area contributed by atoms with E-state index >= 15 is 0 Å². The molecule has 1 aromatic heterocycles. The zero-order valence-electron chi connectivity index (χ0n) is 15.4. The van der Waals surface area contributed by atoms with E-state index in [0.717, 1.165) is 31.5 Å². The Bertz CT molecular complexity index is 855. The molecule has 1 atom stereocenters. The SMILES string of the molecule is O=C1NC(Cc2ccc(F)cc2)(C2CCNCC2)C(=O)N1Cc1cnccn1. The van der Waals surface area contributed by atoms with E-state index in [1.54, 1.807) is 24.5 Å². The molecule has 28 heavy (non-hydrogen) atoms. The first-order valence-corrected chi connectivity index (χ1v) is 9.43. The van der Waals surface area contributed by atoms with E-state index in [-0.39, 0.29) is 24.2 Å². The number of carbonyl (C=O) groups excluding carboxylic acids is 2. The van der Waals surface area contributed by atoms with Crippen LogP contribution in [0.25, 0.3) is 0 Å². The zero-order chi connectivity index (χ0) is 19.6. The summed E-state index contributed by atoms with van der Waals surface area (Å²) in [7, 11) is 0. The standard InChI is InChI=1S/C20H22FN5O2/c21-16-3-1-14(2-4-16)11-20(15-5-7-22-8-6-15)18(27)26(19(28)25-20)13-17-12-23-9-10-24-17/h1-4,9-10,12,15,22H,5-8,11,13H2,(H,25,28). The molecule has 2 aromatic rings. The summed E-state index contributed by atoms with van der Waals surface area (Å²) in [6, 6.07) is 5.68. The van der Waals surface area contributed by atoms with Crippen molar-refractivity contribution in [3.63, 3.8) is 0 Å². The van der Waals surface area contributed by atoms with Crippen LogP contribution in [0.1, 0.15) is 24.1 Å². The van der Waals surface area contributed by atoms with E-state index in [1.807, 2.05) is 0 Å². The Morgan fingerprint density at radius 2 is 1.89 bits per heavy atom. The van der Waals surface area contributed by atoms with Crippen LogP contribution in [0.3, 0.4) is 0 Å². The molecule has 4 rings (SSSR count). The molecule has 1 unspecified atom stereocenters. The van der Waals surface area contributed by atoms with Crippen LogP contribution in [-0.4, -0.2) is 45.4 Å².